The lowest BCUT2D eigenvalue weighted by atomic mass is 10.1. The number of hydrogen-bond donors (Lipinski definition) is 2. The van der Waals surface area contributed by atoms with Crippen LogP contribution in [0.15, 0.2) is 12.1 Å². The smallest absolute Gasteiger partial charge is 0.249 e. The van der Waals surface area contributed by atoms with E-state index in [4.69, 9.17) is 31.5 Å². The van der Waals surface area contributed by atoms with E-state index in [-0.39, 0.29) is 12.0 Å². The first kappa shape index (κ1) is 17.8. The quantitative estimate of drug-likeness (QED) is 0.790. The summed E-state index contributed by atoms with van der Waals surface area (Å²) >= 11 is 6.22. The molecule has 7 heteroatoms. The predicted octanol–water partition coefficient (Wildman–Crippen LogP) is 1.87. The van der Waals surface area contributed by atoms with Gasteiger partial charge in [-0.25, -0.2) is 0 Å². The molecule has 2 atom stereocenters. The van der Waals surface area contributed by atoms with Gasteiger partial charge in [-0.2, -0.15) is 0 Å². The maximum atomic E-state index is 12.1. The third-order valence-electron chi connectivity index (χ3n) is 3.71. The number of benzene rings is 1. The van der Waals surface area contributed by atoms with Crippen LogP contribution in [0.2, 0.25) is 5.02 Å². The molecule has 128 valence electrons. The van der Waals surface area contributed by atoms with E-state index in [1.165, 1.54) is 0 Å². The molecule has 1 saturated heterocycles. The molecule has 0 spiro atoms. The minimum atomic E-state index is -0.427. The lowest BCUT2D eigenvalue weighted by Gasteiger charge is -2.15. The second-order valence-corrected chi connectivity index (χ2v) is 5.73. The average molecular weight is 343 g/mol. The Bertz CT molecular complexity index is 553. The number of halogens is 1. The molecule has 0 aliphatic carbocycles. The van der Waals surface area contributed by atoms with Crippen LogP contribution in [0.4, 0.5) is 0 Å². The van der Waals surface area contributed by atoms with Crippen molar-refractivity contribution in [3.8, 4) is 11.5 Å². The molecule has 0 unspecified atom stereocenters. The van der Waals surface area contributed by atoms with Crippen molar-refractivity contribution < 1.29 is 19.0 Å². The molecule has 2 rings (SSSR count). The summed E-state index contributed by atoms with van der Waals surface area (Å²) in [7, 11) is 1.55. The summed E-state index contributed by atoms with van der Waals surface area (Å²) < 4.78 is 16.3. The number of nitrogens with two attached hydrogens (primary N) is 1. The van der Waals surface area contributed by atoms with Gasteiger partial charge in [-0.15, -0.1) is 0 Å². The van der Waals surface area contributed by atoms with Crippen molar-refractivity contribution in [2.45, 2.75) is 38.5 Å². The normalized spacial score (nSPS) is 20.3. The summed E-state index contributed by atoms with van der Waals surface area (Å²) in [5, 5.41) is 3.31. The molecular weight excluding hydrogens is 320 g/mol. The first-order valence-electron chi connectivity index (χ1n) is 7.71. The molecule has 23 heavy (non-hydrogen) atoms. The van der Waals surface area contributed by atoms with Gasteiger partial charge < -0.3 is 25.3 Å². The number of carbonyl (C=O) groups is 1. The van der Waals surface area contributed by atoms with Gasteiger partial charge in [0.15, 0.2) is 11.5 Å². The van der Waals surface area contributed by atoms with E-state index in [9.17, 15) is 4.79 Å². The van der Waals surface area contributed by atoms with E-state index in [0.717, 1.165) is 12.0 Å². The second-order valence-electron chi connectivity index (χ2n) is 5.32. The van der Waals surface area contributed by atoms with E-state index in [2.05, 4.69) is 5.32 Å². The third kappa shape index (κ3) is 4.50. The van der Waals surface area contributed by atoms with Crippen LogP contribution in [-0.4, -0.2) is 38.4 Å². The Labute approximate surface area is 141 Å². The van der Waals surface area contributed by atoms with Gasteiger partial charge in [0.2, 0.25) is 5.91 Å². The van der Waals surface area contributed by atoms with Crippen LogP contribution < -0.4 is 20.5 Å². The van der Waals surface area contributed by atoms with Crippen molar-refractivity contribution in [3.63, 3.8) is 0 Å². The van der Waals surface area contributed by atoms with Gasteiger partial charge in [0.1, 0.15) is 6.10 Å². The first-order valence-corrected chi connectivity index (χ1v) is 8.09. The monoisotopic (exact) mass is 342 g/mol. The number of amides is 1. The number of hydrogen-bond acceptors (Lipinski definition) is 5. The minimum absolute atomic E-state index is 0.0224. The Kier molecular flexibility index (Phi) is 6.50. The van der Waals surface area contributed by atoms with Crippen LogP contribution >= 0.6 is 11.6 Å². The lowest BCUT2D eigenvalue weighted by molar-refractivity contribution is -0.132. The van der Waals surface area contributed by atoms with Crippen molar-refractivity contribution in [2.24, 2.45) is 5.73 Å². The highest BCUT2D eigenvalue weighted by molar-refractivity contribution is 6.32. The zero-order chi connectivity index (χ0) is 16.8. The fraction of sp³-hybridized carbons (Fsp3) is 0.562. The Morgan fingerprint density at radius 1 is 1.48 bits per heavy atom. The number of nitrogens with one attached hydrogen (secondary N) is 1. The number of carbonyl (C=O) groups excluding carboxylic acids is 1. The maximum absolute atomic E-state index is 12.1. The molecule has 1 aromatic rings. The Hall–Kier alpha value is -1.50. The topological polar surface area (TPSA) is 82.8 Å². The standard InChI is InChI=1S/C16H23ClN2O4/c1-3-22-15-12(17)6-10(7-14(15)21-2)9-19-16(20)13-5-4-11(8-18)23-13/h6-7,11,13H,3-5,8-9,18H2,1-2H3,(H,19,20)/t11-,13+/m1/s1. The molecule has 0 bridgehead atoms. The first-order chi connectivity index (χ1) is 11.1. The van der Waals surface area contributed by atoms with Crippen molar-refractivity contribution in [2.75, 3.05) is 20.3 Å². The molecule has 6 nitrogen and oxygen atoms in total. The molecule has 1 heterocycles. The van der Waals surface area contributed by atoms with Gasteiger partial charge in [-0.1, -0.05) is 11.6 Å². The van der Waals surface area contributed by atoms with Crippen LogP contribution in [0.1, 0.15) is 25.3 Å². The van der Waals surface area contributed by atoms with Gasteiger partial charge in [-0.3, -0.25) is 4.79 Å². The van der Waals surface area contributed by atoms with Crippen LogP contribution in [0, 0.1) is 0 Å². The number of ether oxygens (including phenoxy) is 3. The fourth-order valence-corrected chi connectivity index (χ4v) is 2.82. The molecule has 1 amide bonds. The summed E-state index contributed by atoms with van der Waals surface area (Å²) in [6.07, 6.45) is 1.06. The summed E-state index contributed by atoms with van der Waals surface area (Å²) in [6.45, 7) is 3.15. The molecule has 1 fully saturated rings. The summed E-state index contributed by atoms with van der Waals surface area (Å²) in [4.78, 5) is 12.1. The van der Waals surface area contributed by atoms with E-state index in [1.54, 1.807) is 19.2 Å². The largest absolute Gasteiger partial charge is 0.493 e. The molecule has 0 saturated carbocycles. The van der Waals surface area contributed by atoms with Gasteiger partial charge in [0.25, 0.3) is 0 Å². The third-order valence-corrected chi connectivity index (χ3v) is 3.99. The van der Waals surface area contributed by atoms with E-state index >= 15 is 0 Å². The summed E-state index contributed by atoms with van der Waals surface area (Å²) in [5.74, 6) is 0.922. The Morgan fingerprint density at radius 2 is 2.26 bits per heavy atom. The molecular formula is C16H23ClN2O4. The molecule has 0 radical (unpaired) electrons. The molecule has 0 aromatic heterocycles. The van der Waals surface area contributed by atoms with E-state index < -0.39 is 6.10 Å². The second kappa shape index (κ2) is 8.38. The molecule has 1 aliphatic heterocycles. The molecule has 3 N–H and O–H groups in total. The van der Waals surface area contributed by atoms with Gasteiger partial charge in [-0.05, 0) is 37.5 Å². The Balaban J connectivity index is 1.98. The summed E-state index contributed by atoms with van der Waals surface area (Å²) in [5.41, 5.74) is 6.38. The highest BCUT2D eigenvalue weighted by Crippen LogP contribution is 2.36. The number of rotatable bonds is 7. The zero-order valence-electron chi connectivity index (χ0n) is 13.4. The maximum Gasteiger partial charge on any atom is 0.249 e. The average Bonchev–Trinajstić information content (AvgIpc) is 3.04. The van der Waals surface area contributed by atoms with Crippen molar-refractivity contribution in [1.29, 1.82) is 0 Å². The summed E-state index contributed by atoms with van der Waals surface area (Å²) in [6, 6.07) is 3.56. The lowest BCUT2D eigenvalue weighted by Crippen LogP contribution is -2.35. The fourth-order valence-electron chi connectivity index (χ4n) is 2.53. The van der Waals surface area contributed by atoms with Gasteiger partial charge in [0, 0.05) is 13.1 Å². The van der Waals surface area contributed by atoms with Crippen LogP contribution in [0.25, 0.3) is 0 Å². The SMILES string of the molecule is CCOc1c(Cl)cc(CNC(=O)[C@@H]2CC[C@H](CN)O2)cc1OC. The van der Waals surface area contributed by atoms with Gasteiger partial charge in [0.05, 0.1) is 24.8 Å². The van der Waals surface area contributed by atoms with Gasteiger partial charge >= 0.3 is 0 Å². The zero-order valence-corrected chi connectivity index (χ0v) is 14.2. The van der Waals surface area contributed by atoms with Crippen molar-refractivity contribution >= 4 is 17.5 Å². The molecule has 1 aromatic carbocycles. The van der Waals surface area contributed by atoms with Crippen molar-refractivity contribution in [3.05, 3.63) is 22.7 Å². The predicted molar refractivity (Wildman–Crippen MR) is 88.0 cm³/mol. The molecule has 1 aliphatic rings. The van der Waals surface area contributed by atoms with Crippen LogP contribution in [-0.2, 0) is 16.1 Å². The number of methoxy groups -OCH3 is 1. The van der Waals surface area contributed by atoms with E-state index in [1.807, 2.05) is 6.92 Å². The van der Waals surface area contributed by atoms with Crippen LogP contribution in [0.5, 0.6) is 11.5 Å². The minimum Gasteiger partial charge on any atom is -0.493 e. The Morgan fingerprint density at radius 3 is 2.87 bits per heavy atom. The highest BCUT2D eigenvalue weighted by atomic mass is 35.5. The van der Waals surface area contributed by atoms with Crippen molar-refractivity contribution in [1.82, 2.24) is 5.32 Å². The van der Waals surface area contributed by atoms with Crippen LogP contribution in [0.3, 0.4) is 0 Å². The highest BCUT2D eigenvalue weighted by Gasteiger charge is 2.29. The van der Waals surface area contributed by atoms with E-state index in [0.29, 0.717) is 42.6 Å².